The normalized spacial score (nSPS) is 18.8. The molecule has 1 aliphatic rings. The highest BCUT2D eigenvalue weighted by molar-refractivity contribution is 5.97. The molecule has 0 spiro atoms. The van der Waals surface area contributed by atoms with Crippen molar-refractivity contribution in [3.8, 4) is 5.75 Å². The topological polar surface area (TPSA) is 41.6 Å². The lowest BCUT2D eigenvalue weighted by atomic mass is 10.0. The largest absolute Gasteiger partial charge is 0.496 e. The lowest BCUT2D eigenvalue weighted by molar-refractivity contribution is 0.0938. The van der Waals surface area contributed by atoms with Crippen LogP contribution in [0.15, 0.2) is 12.1 Å². The molecule has 0 aliphatic carbocycles. The summed E-state index contributed by atoms with van der Waals surface area (Å²) in [6, 6.07) is 4.40. The van der Waals surface area contributed by atoms with Crippen molar-refractivity contribution in [2.75, 3.05) is 26.7 Å². The van der Waals surface area contributed by atoms with E-state index in [4.69, 9.17) is 4.74 Å². The summed E-state index contributed by atoms with van der Waals surface area (Å²) in [7, 11) is 1.62. The minimum atomic E-state index is -0.0402. The first-order chi connectivity index (χ1) is 10.1. The second kappa shape index (κ2) is 6.94. The number of likely N-dealkylation sites (N-methyl/N-ethyl adjacent to an activating group) is 1. The van der Waals surface area contributed by atoms with Crippen LogP contribution in [0.1, 0.15) is 41.3 Å². The first kappa shape index (κ1) is 15.8. The van der Waals surface area contributed by atoms with Gasteiger partial charge in [-0.15, -0.1) is 0 Å². The van der Waals surface area contributed by atoms with E-state index < -0.39 is 0 Å². The Hall–Kier alpha value is -1.55. The molecule has 1 heterocycles. The molecule has 4 heteroatoms. The van der Waals surface area contributed by atoms with E-state index >= 15 is 0 Å². The van der Waals surface area contributed by atoms with Gasteiger partial charge in [0.25, 0.3) is 5.91 Å². The van der Waals surface area contributed by atoms with Crippen molar-refractivity contribution in [3.63, 3.8) is 0 Å². The molecule has 0 bridgehead atoms. The number of rotatable bonds is 5. The molecule has 21 heavy (non-hydrogen) atoms. The highest BCUT2D eigenvalue weighted by Crippen LogP contribution is 2.25. The summed E-state index contributed by atoms with van der Waals surface area (Å²) in [4.78, 5) is 14.9. The Labute approximate surface area is 127 Å². The van der Waals surface area contributed by atoms with Crippen molar-refractivity contribution in [2.24, 2.45) is 0 Å². The number of ether oxygens (including phenoxy) is 1. The lowest BCUT2D eigenvalue weighted by Gasteiger charge is -2.23. The number of nitrogens with zero attached hydrogens (tertiary/aromatic N) is 1. The van der Waals surface area contributed by atoms with Crippen LogP contribution in [0.2, 0.25) is 0 Å². The molecule has 0 saturated carbocycles. The van der Waals surface area contributed by atoms with Crippen LogP contribution in [0, 0.1) is 13.8 Å². The zero-order valence-electron chi connectivity index (χ0n) is 13.5. The highest BCUT2D eigenvalue weighted by atomic mass is 16.5. The van der Waals surface area contributed by atoms with Crippen molar-refractivity contribution in [3.05, 3.63) is 28.8 Å². The van der Waals surface area contributed by atoms with Crippen LogP contribution < -0.4 is 10.1 Å². The number of hydrogen-bond donors (Lipinski definition) is 1. The number of nitrogens with one attached hydrogen (secondary N) is 1. The Kier molecular flexibility index (Phi) is 5.23. The summed E-state index contributed by atoms with van der Waals surface area (Å²) in [6.45, 7) is 9.05. The third-order valence-corrected chi connectivity index (χ3v) is 4.27. The van der Waals surface area contributed by atoms with Gasteiger partial charge in [-0.3, -0.25) is 9.69 Å². The molecular formula is C17H26N2O2. The van der Waals surface area contributed by atoms with Gasteiger partial charge in [0, 0.05) is 12.6 Å². The summed E-state index contributed by atoms with van der Waals surface area (Å²) in [6.07, 6.45) is 2.39. The van der Waals surface area contributed by atoms with Crippen molar-refractivity contribution in [2.45, 2.75) is 39.7 Å². The van der Waals surface area contributed by atoms with Crippen molar-refractivity contribution in [1.82, 2.24) is 10.2 Å². The minimum absolute atomic E-state index is 0.0402. The third-order valence-electron chi connectivity index (χ3n) is 4.27. The fraction of sp³-hybridized carbons (Fsp3) is 0.588. The standard InChI is InChI=1S/C17H26N2O2/c1-5-19-8-6-7-14(19)11-18-17(20)15-10-12(2)9-13(3)16(15)21-4/h9-10,14H,5-8,11H2,1-4H3,(H,18,20). The van der Waals surface area contributed by atoms with E-state index in [0.717, 1.165) is 30.6 Å². The third kappa shape index (κ3) is 3.56. The number of hydrogen-bond acceptors (Lipinski definition) is 3. The van der Waals surface area contributed by atoms with E-state index in [2.05, 4.69) is 17.1 Å². The maximum atomic E-state index is 12.5. The monoisotopic (exact) mass is 290 g/mol. The molecule has 2 rings (SSSR count). The second-order valence-corrected chi connectivity index (χ2v) is 5.80. The van der Waals surface area contributed by atoms with E-state index in [-0.39, 0.29) is 5.91 Å². The molecule has 1 saturated heterocycles. The zero-order valence-corrected chi connectivity index (χ0v) is 13.5. The maximum absolute atomic E-state index is 12.5. The molecular weight excluding hydrogens is 264 g/mol. The van der Waals surface area contributed by atoms with Crippen molar-refractivity contribution >= 4 is 5.91 Å². The van der Waals surface area contributed by atoms with Gasteiger partial charge in [-0.2, -0.15) is 0 Å². The van der Waals surface area contributed by atoms with E-state index in [1.54, 1.807) is 7.11 Å². The highest BCUT2D eigenvalue weighted by Gasteiger charge is 2.24. The van der Waals surface area contributed by atoms with Crippen LogP contribution in [-0.4, -0.2) is 43.6 Å². The number of carbonyl (C=O) groups is 1. The maximum Gasteiger partial charge on any atom is 0.255 e. The fourth-order valence-corrected chi connectivity index (χ4v) is 3.24. The average molecular weight is 290 g/mol. The number of carbonyl (C=O) groups excluding carboxylic acids is 1. The molecule has 1 fully saturated rings. The first-order valence-corrected chi connectivity index (χ1v) is 7.74. The van der Waals surface area contributed by atoms with Gasteiger partial charge < -0.3 is 10.1 Å². The number of likely N-dealkylation sites (tertiary alicyclic amines) is 1. The molecule has 0 aromatic heterocycles. The molecule has 4 nitrogen and oxygen atoms in total. The number of methoxy groups -OCH3 is 1. The fourth-order valence-electron chi connectivity index (χ4n) is 3.24. The Bertz CT molecular complexity index is 514. The van der Waals surface area contributed by atoms with Crippen LogP contribution in [0.25, 0.3) is 0 Å². The average Bonchev–Trinajstić information content (AvgIpc) is 2.91. The van der Waals surface area contributed by atoms with Gasteiger partial charge in [0.2, 0.25) is 0 Å². The molecule has 116 valence electrons. The number of benzene rings is 1. The van der Waals surface area contributed by atoms with Crippen LogP contribution in [-0.2, 0) is 0 Å². The molecule has 1 atom stereocenters. The molecule has 1 amide bonds. The van der Waals surface area contributed by atoms with Gasteiger partial charge in [-0.05, 0) is 57.0 Å². The molecule has 1 aromatic rings. The number of amides is 1. The Balaban J connectivity index is 2.07. The van der Waals surface area contributed by atoms with Crippen LogP contribution in [0.5, 0.6) is 5.75 Å². The SMILES string of the molecule is CCN1CCCC1CNC(=O)c1cc(C)cc(C)c1OC. The minimum Gasteiger partial charge on any atom is -0.496 e. The Morgan fingerprint density at radius 2 is 2.19 bits per heavy atom. The molecule has 1 unspecified atom stereocenters. The van der Waals surface area contributed by atoms with E-state index in [1.165, 1.54) is 6.42 Å². The van der Waals surface area contributed by atoms with Crippen LogP contribution in [0.3, 0.4) is 0 Å². The van der Waals surface area contributed by atoms with Crippen molar-refractivity contribution < 1.29 is 9.53 Å². The van der Waals surface area contributed by atoms with E-state index in [0.29, 0.717) is 23.9 Å². The van der Waals surface area contributed by atoms with E-state index in [1.807, 2.05) is 26.0 Å². The van der Waals surface area contributed by atoms with Gasteiger partial charge in [-0.1, -0.05) is 13.0 Å². The first-order valence-electron chi connectivity index (χ1n) is 7.74. The molecule has 1 aromatic carbocycles. The van der Waals surface area contributed by atoms with Crippen LogP contribution in [0.4, 0.5) is 0 Å². The summed E-state index contributed by atoms with van der Waals surface area (Å²) >= 11 is 0. The molecule has 0 radical (unpaired) electrons. The van der Waals surface area contributed by atoms with E-state index in [9.17, 15) is 4.79 Å². The predicted molar refractivity (Wildman–Crippen MR) is 85.1 cm³/mol. The molecule has 1 N–H and O–H groups in total. The molecule has 1 aliphatic heterocycles. The smallest absolute Gasteiger partial charge is 0.255 e. The Morgan fingerprint density at radius 3 is 2.86 bits per heavy atom. The van der Waals surface area contributed by atoms with Gasteiger partial charge in [0.15, 0.2) is 0 Å². The summed E-state index contributed by atoms with van der Waals surface area (Å²) in [5.41, 5.74) is 2.71. The predicted octanol–water partition coefficient (Wildman–Crippen LogP) is 2.53. The quantitative estimate of drug-likeness (QED) is 0.906. The summed E-state index contributed by atoms with van der Waals surface area (Å²) in [5, 5.41) is 3.07. The lowest BCUT2D eigenvalue weighted by Crippen LogP contribution is -2.40. The Morgan fingerprint density at radius 1 is 1.43 bits per heavy atom. The van der Waals surface area contributed by atoms with Gasteiger partial charge in [0.05, 0.1) is 12.7 Å². The van der Waals surface area contributed by atoms with Gasteiger partial charge in [0.1, 0.15) is 5.75 Å². The number of aryl methyl sites for hydroxylation is 2. The summed E-state index contributed by atoms with van der Waals surface area (Å²) in [5.74, 6) is 0.637. The summed E-state index contributed by atoms with van der Waals surface area (Å²) < 4.78 is 5.40. The van der Waals surface area contributed by atoms with Crippen LogP contribution >= 0.6 is 0 Å². The van der Waals surface area contributed by atoms with Gasteiger partial charge >= 0.3 is 0 Å². The second-order valence-electron chi connectivity index (χ2n) is 5.80. The zero-order chi connectivity index (χ0) is 15.4. The van der Waals surface area contributed by atoms with Crippen molar-refractivity contribution in [1.29, 1.82) is 0 Å². The van der Waals surface area contributed by atoms with Gasteiger partial charge in [-0.25, -0.2) is 0 Å².